The SMILES string of the molecule is Cc1ncc(CSc2nnc(NC[C@H]3CCCO3)s2)s1. The van der Waals surface area contributed by atoms with Crippen molar-refractivity contribution in [2.24, 2.45) is 0 Å². The van der Waals surface area contributed by atoms with Gasteiger partial charge < -0.3 is 10.1 Å². The van der Waals surface area contributed by atoms with Crippen molar-refractivity contribution in [3.8, 4) is 0 Å². The Morgan fingerprint density at radius 1 is 1.45 bits per heavy atom. The summed E-state index contributed by atoms with van der Waals surface area (Å²) in [6.07, 6.45) is 4.57. The number of rotatable bonds is 6. The lowest BCUT2D eigenvalue weighted by Gasteiger charge is -2.08. The van der Waals surface area contributed by atoms with Crippen LogP contribution < -0.4 is 5.32 Å². The molecule has 0 aromatic carbocycles. The second kappa shape index (κ2) is 6.84. The van der Waals surface area contributed by atoms with Crippen LogP contribution in [0.5, 0.6) is 0 Å². The first kappa shape index (κ1) is 14.2. The van der Waals surface area contributed by atoms with Crippen LogP contribution in [0.3, 0.4) is 0 Å². The molecule has 1 fully saturated rings. The van der Waals surface area contributed by atoms with Crippen molar-refractivity contribution in [3.05, 3.63) is 16.1 Å². The molecule has 0 radical (unpaired) electrons. The van der Waals surface area contributed by atoms with Crippen LogP contribution >= 0.6 is 34.4 Å². The van der Waals surface area contributed by atoms with E-state index >= 15 is 0 Å². The van der Waals surface area contributed by atoms with Crippen LogP contribution in [0, 0.1) is 6.92 Å². The molecule has 1 aliphatic rings. The van der Waals surface area contributed by atoms with Crippen molar-refractivity contribution in [3.63, 3.8) is 0 Å². The molecule has 2 aromatic rings. The van der Waals surface area contributed by atoms with Gasteiger partial charge in [-0.05, 0) is 19.8 Å². The number of hydrogen-bond donors (Lipinski definition) is 1. The predicted molar refractivity (Wildman–Crippen MR) is 83.8 cm³/mol. The molecule has 0 unspecified atom stereocenters. The van der Waals surface area contributed by atoms with Crippen molar-refractivity contribution in [2.75, 3.05) is 18.5 Å². The van der Waals surface area contributed by atoms with Crippen molar-refractivity contribution in [1.29, 1.82) is 0 Å². The lowest BCUT2D eigenvalue weighted by Crippen LogP contribution is -2.18. The van der Waals surface area contributed by atoms with E-state index in [0.29, 0.717) is 6.10 Å². The van der Waals surface area contributed by atoms with Gasteiger partial charge in [0.25, 0.3) is 0 Å². The summed E-state index contributed by atoms with van der Waals surface area (Å²) in [4.78, 5) is 5.53. The number of ether oxygens (including phenoxy) is 1. The summed E-state index contributed by atoms with van der Waals surface area (Å²) in [5.74, 6) is 0.909. The van der Waals surface area contributed by atoms with Crippen molar-refractivity contribution >= 4 is 39.6 Å². The maximum atomic E-state index is 5.57. The summed E-state index contributed by atoms with van der Waals surface area (Å²) in [7, 11) is 0. The molecule has 1 saturated heterocycles. The van der Waals surface area contributed by atoms with Gasteiger partial charge in [0, 0.05) is 30.0 Å². The molecule has 1 N–H and O–H groups in total. The van der Waals surface area contributed by atoms with Gasteiger partial charge in [-0.2, -0.15) is 0 Å². The first-order valence-electron chi connectivity index (χ1n) is 6.52. The van der Waals surface area contributed by atoms with Crippen LogP contribution in [-0.4, -0.2) is 34.4 Å². The first-order valence-corrected chi connectivity index (χ1v) is 9.14. The summed E-state index contributed by atoms with van der Waals surface area (Å²) in [5, 5.41) is 13.7. The van der Waals surface area contributed by atoms with Crippen LogP contribution in [0.15, 0.2) is 10.5 Å². The molecule has 0 bridgehead atoms. The number of aryl methyl sites for hydroxylation is 1. The number of nitrogens with zero attached hydrogens (tertiary/aromatic N) is 3. The summed E-state index contributed by atoms with van der Waals surface area (Å²) >= 11 is 5.04. The molecular formula is C12H16N4OS3. The van der Waals surface area contributed by atoms with E-state index in [4.69, 9.17) is 4.74 Å². The van der Waals surface area contributed by atoms with E-state index in [0.717, 1.165) is 46.2 Å². The van der Waals surface area contributed by atoms with Crippen molar-refractivity contribution in [1.82, 2.24) is 15.2 Å². The molecular weight excluding hydrogens is 312 g/mol. The van der Waals surface area contributed by atoms with Crippen molar-refractivity contribution in [2.45, 2.75) is 36.0 Å². The van der Waals surface area contributed by atoms with E-state index in [1.54, 1.807) is 34.4 Å². The maximum absolute atomic E-state index is 5.57. The van der Waals surface area contributed by atoms with E-state index in [-0.39, 0.29) is 0 Å². The van der Waals surface area contributed by atoms with Crippen LogP contribution in [0.1, 0.15) is 22.7 Å². The molecule has 108 valence electrons. The summed E-state index contributed by atoms with van der Waals surface area (Å²) in [6, 6.07) is 0. The lowest BCUT2D eigenvalue weighted by molar-refractivity contribution is 0.120. The topological polar surface area (TPSA) is 59.9 Å². The highest BCUT2D eigenvalue weighted by molar-refractivity contribution is 8.00. The Balaban J connectivity index is 1.46. The third-order valence-electron chi connectivity index (χ3n) is 2.92. The highest BCUT2D eigenvalue weighted by Gasteiger charge is 2.15. The zero-order chi connectivity index (χ0) is 13.8. The standard InChI is InChI=1S/C12H16N4OS3/c1-8-13-6-10(19-8)7-18-12-16-15-11(20-12)14-5-9-3-2-4-17-9/h6,9H,2-5,7H2,1H3,(H,14,15)/t9-/m1/s1. The Morgan fingerprint density at radius 3 is 3.15 bits per heavy atom. The van der Waals surface area contributed by atoms with Gasteiger partial charge >= 0.3 is 0 Å². The largest absolute Gasteiger partial charge is 0.376 e. The molecule has 0 aliphatic carbocycles. The number of anilines is 1. The minimum absolute atomic E-state index is 0.329. The molecule has 5 nitrogen and oxygen atoms in total. The number of hydrogen-bond acceptors (Lipinski definition) is 8. The Kier molecular flexibility index (Phi) is 4.87. The predicted octanol–water partition coefficient (Wildman–Crippen LogP) is 3.19. The van der Waals surface area contributed by atoms with Crippen molar-refractivity contribution < 1.29 is 4.74 Å². The Bertz CT molecular complexity index is 550. The smallest absolute Gasteiger partial charge is 0.206 e. The van der Waals surface area contributed by atoms with E-state index in [1.807, 2.05) is 13.1 Å². The van der Waals surface area contributed by atoms with Gasteiger partial charge in [0.05, 0.1) is 11.1 Å². The molecule has 3 heterocycles. The molecule has 8 heteroatoms. The second-order valence-electron chi connectivity index (χ2n) is 4.52. The lowest BCUT2D eigenvalue weighted by atomic mass is 10.2. The summed E-state index contributed by atoms with van der Waals surface area (Å²) in [6.45, 7) is 3.74. The first-order chi connectivity index (χ1) is 9.79. The normalized spacial score (nSPS) is 18.6. The van der Waals surface area contributed by atoms with Gasteiger partial charge in [0.1, 0.15) is 0 Å². The fraction of sp³-hybridized carbons (Fsp3) is 0.583. The van der Waals surface area contributed by atoms with Crippen LogP contribution in [0.25, 0.3) is 0 Å². The maximum Gasteiger partial charge on any atom is 0.206 e. The molecule has 0 spiro atoms. The molecule has 3 rings (SSSR count). The Hall–Kier alpha value is -0.700. The quantitative estimate of drug-likeness (QED) is 0.822. The number of nitrogens with one attached hydrogen (secondary N) is 1. The zero-order valence-corrected chi connectivity index (χ0v) is 13.6. The van der Waals surface area contributed by atoms with E-state index < -0.39 is 0 Å². The molecule has 2 aromatic heterocycles. The highest BCUT2D eigenvalue weighted by atomic mass is 32.2. The van der Waals surface area contributed by atoms with E-state index in [1.165, 1.54) is 4.88 Å². The molecule has 0 amide bonds. The average molecular weight is 328 g/mol. The summed E-state index contributed by atoms with van der Waals surface area (Å²) < 4.78 is 6.56. The molecule has 0 saturated carbocycles. The molecule has 1 aliphatic heterocycles. The fourth-order valence-corrected chi connectivity index (χ4v) is 4.53. The van der Waals surface area contributed by atoms with Gasteiger partial charge in [-0.1, -0.05) is 23.1 Å². The third kappa shape index (κ3) is 3.91. The summed E-state index contributed by atoms with van der Waals surface area (Å²) in [5.41, 5.74) is 0. The van der Waals surface area contributed by atoms with Crippen LogP contribution in [0.2, 0.25) is 0 Å². The second-order valence-corrected chi connectivity index (χ2v) is 8.04. The number of thiazole rings is 1. The molecule has 1 atom stereocenters. The monoisotopic (exact) mass is 328 g/mol. The third-order valence-corrected chi connectivity index (χ3v) is 6.08. The van der Waals surface area contributed by atoms with Gasteiger partial charge in [0.2, 0.25) is 5.13 Å². The van der Waals surface area contributed by atoms with Gasteiger partial charge in [-0.3, -0.25) is 0 Å². The minimum atomic E-state index is 0.329. The fourth-order valence-electron chi connectivity index (χ4n) is 1.95. The van der Waals surface area contributed by atoms with E-state index in [2.05, 4.69) is 20.5 Å². The Labute approximate surface area is 130 Å². The highest BCUT2D eigenvalue weighted by Crippen LogP contribution is 2.29. The minimum Gasteiger partial charge on any atom is -0.376 e. The van der Waals surface area contributed by atoms with Gasteiger partial charge in [-0.25, -0.2) is 4.98 Å². The van der Waals surface area contributed by atoms with E-state index in [9.17, 15) is 0 Å². The van der Waals surface area contributed by atoms with Crippen LogP contribution in [0.4, 0.5) is 5.13 Å². The zero-order valence-electron chi connectivity index (χ0n) is 11.2. The van der Waals surface area contributed by atoms with Crippen LogP contribution in [-0.2, 0) is 10.5 Å². The number of thioether (sulfide) groups is 1. The Morgan fingerprint density at radius 2 is 2.40 bits per heavy atom. The molecule has 20 heavy (non-hydrogen) atoms. The number of aromatic nitrogens is 3. The van der Waals surface area contributed by atoms with Gasteiger partial charge in [-0.15, -0.1) is 21.5 Å². The van der Waals surface area contributed by atoms with Gasteiger partial charge in [0.15, 0.2) is 4.34 Å². The average Bonchev–Trinajstić information content (AvgIpc) is 3.16.